The van der Waals surface area contributed by atoms with E-state index in [2.05, 4.69) is 30.4 Å². The van der Waals surface area contributed by atoms with Crippen molar-refractivity contribution in [2.75, 3.05) is 17.2 Å². The zero-order valence-electron chi connectivity index (χ0n) is 20.1. The van der Waals surface area contributed by atoms with Gasteiger partial charge in [0.25, 0.3) is 6.43 Å². The van der Waals surface area contributed by atoms with Crippen molar-refractivity contribution >= 4 is 28.6 Å². The van der Waals surface area contributed by atoms with Crippen LogP contribution in [-0.4, -0.2) is 60.9 Å². The van der Waals surface area contributed by atoms with Crippen LogP contribution in [0.15, 0.2) is 30.6 Å². The number of fused-ring (bicyclic) bond motifs is 2. The van der Waals surface area contributed by atoms with Gasteiger partial charge in [-0.3, -0.25) is 9.78 Å². The standard InChI is InChI=1S/C23H16F8N8O/c1-22(23(29,30)31)14-17(33-7-12(26)16(27)28)35-19(36-18(14)37-21(22)40)15-10-5-9(24)6-34-20(10)39(38-15)8-13-11(25)3-2-4-32-13/h2-6,12,16H,7-8H2,1H3,(H2,33,35,36,37,40). The molecule has 4 aromatic rings. The molecule has 2 unspecified atom stereocenters. The second-order valence-corrected chi connectivity index (χ2v) is 8.89. The molecular weight excluding hydrogens is 556 g/mol. The molecule has 5 heterocycles. The summed E-state index contributed by atoms with van der Waals surface area (Å²) in [6.45, 7) is -0.932. The fraction of sp³-hybridized carbons (Fsp3) is 0.304. The summed E-state index contributed by atoms with van der Waals surface area (Å²) in [5, 5.41) is 8.28. The maximum Gasteiger partial charge on any atom is 0.407 e. The molecule has 0 bridgehead atoms. The maximum atomic E-state index is 14.3. The van der Waals surface area contributed by atoms with Crippen molar-refractivity contribution in [3.63, 3.8) is 0 Å². The molecule has 0 aliphatic carbocycles. The number of nitrogens with one attached hydrogen (secondary N) is 2. The average Bonchev–Trinajstić information content (AvgIpc) is 3.37. The summed E-state index contributed by atoms with van der Waals surface area (Å²) in [6.07, 6.45) is -9.28. The van der Waals surface area contributed by atoms with Crippen molar-refractivity contribution in [3.05, 3.63) is 53.5 Å². The molecule has 4 aromatic heterocycles. The second kappa shape index (κ2) is 9.63. The van der Waals surface area contributed by atoms with Crippen LogP contribution in [0.2, 0.25) is 0 Å². The van der Waals surface area contributed by atoms with E-state index in [1.165, 1.54) is 12.3 Å². The van der Waals surface area contributed by atoms with Crippen molar-refractivity contribution in [3.8, 4) is 11.5 Å². The highest BCUT2D eigenvalue weighted by atomic mass is 19.4. The summed E-state index contributed by atoms with van der Waals surface area (Å²) >= 11 is 0. The average molecular weight is 572 g/mol. The van der Waals surface area contributed by atoms with Crippen molar-refractivity contribution in [1.29, 1.82) is 0 Å². The zero-order chi connectivity index (χ0) is 29.0. The molecule has 40 heavy (non-hydrogen) atoms. The van der Waals surface area contributed by atoms with Crippen LogP contribution < -0.4 is 10.6 Å². The van der Waals surface area contributed by atoms with Crippen molar-refractivity contribution in [1.82, 2.24) is 29.7 Å². The van der Waals surface area contributed by atoms with Gasteiger partial charge in [-0.25, -0.2) is 41.6 Å². The SMILES string of the molecule is CC1(C(F)(F)F)C(=O)Nc2nc(-c3nn(Cc4ncccc4F)c4ncc(F)cc34)nc(NCC(F)C(F)F)c21. The van der Waals surface area contributed by atoms with E-state index in [0.717, 1.165) is 23.0 Å². The summed E-state index contributed by atoms with van der Waals surface area (Å²) < 4.78 is 111. The molecule has 1 aliphatic rings. The minimum absolute atomic E-state index is 0.00857. The summed E-state index contributed by atoms with van der Waals surface area (Å²) in [5.74, 6) is -4.98. The van der Waals surface area contributed by atoms with Crippen LogP contribution in [0.3, 0.4) is 0 Å². The lowest BCUT2D eigenvalue weighted by Crippen LogP contribution is -2.45. The van der Waals surface area contributed by atoms with Crippen molar-refractivity contribution in [2.45, 2.75) is 37.7 Å². The molecule has 17 heteroatoms. The number of carbonyl (C=O) groups is 1. The fourth-order valence-corrected chi connectivity index (χ4v) is 4.14. The number of nitrogens with zero attached hydrogens (tertiary/aromatic N) is 6. The lowest BCUT2D eigenvalue weighted by atomic mass is 9.83. The first-order valence-corrected chi connectivity index (χ1v) is 11.4. The monoisotopic (exact) mass is 572 g/mol. The predicted molar refractivity (Wildman–Crippen MR) is 123 cm³/mol. The van der Waals surface area contributed by atoms with E-state index in [1.807, 2.05) is 5.32 Å². The van der Waals surface area contributed by atoms with Gasteiger partial charge in [0.15, 0.2) is 23.1 Å². The first-order chi connectivity index (χ1) is 18.8. The van der Waals surface area contributed by atoms with Crippen LogP contribution in [-0.2, 0) is 16.8 Å². The molecule has 210 valence electrons. The summed E-state index contributed by atoms with van der Waals surface area (Å²) in [5.41, 5.74) is -4.41. The Bertz CT molecular complexity index is 1620. The Balaban J connectivity index is 1.70. The van der Waals surface area contributed by atoms with Gasteiger partial charge in [-0.2, -0.15) is 18.3 Å². The van der Waals surface area contributed by atoms with Gasteiger partial charge in [-0.05, 0) is 25.1 Å². The number of hydrogen-bond donors (Lipinski definition) is 2. The van der Waals surface area contributed by atoms with Crippen LogP contribution in [0.1, 0.15) is 18.2 Å². The summed E-state index contributed by atoms with van der Waals surface area (Å²) in [4.78, 5) is 28.3. The molecule has 9 nitrogen and oxygen atoms in total. The number of anilines is 2. The van der Waals surface area contributed by atoms with E-state index in [0.29, 0.717) is 6.92 Å². The summed E-state index contributed by atoms with van der Waals surface area (Å²) in [7, 11) is 0. The predicted octanol–water partition coefficient (Wildman–Crippen LogP) is 4.40. The minimum atomic E-state index is -5.18. The number of pyridine rings is 2. The number of alkyl halides is 6. The quantitative estimate of drug-likeness (QED) is 0.316. The van der Waals surface area contributed by atoms with Crippen LogP contribution in [0.25, 0.3) is 22.6 Å². The van der Waals surface area contributed by atoms with E-state index in [1.54, 1.807) is 0 Å². The Hall–Kier alpha value is -4.44. The van der Waals surface area contributed by atoms with Crippen molar-refractivity contribution < 1.29 is 39.9 Å². The van der Waals surface area contributed by atoms with Crippen LogP contribution in [0, 0.1) is 11.6 Å². The van der Waals surface area contributed by atoms with E-state index < -0.39 is 71.3 Å². The molecule has 2 N–H and O–H groups in total. The molecule has 0 saturated carbocycles. The molecule has 0 saturated heterocycles. The van der Waals surface area contributed by atoms with Gasteiger partial charge in [-0.1, -0.05) is 0 Å². The smallest absolute Gasteiger partial charge is 0.366 e. The molecule has 1 aliphatic heterocycles. The molecule has 0 radical (unpaired) electrons. The highest BCUT2D eigenvalue weighted by Gasteiger charge is 2.63. The van der Waals surface area contributed by atoms with E-state index >= 15 is 0 Å². The second-order valence-electron chi connectivity index (χ2n) is 8.89. The van der Waals surface area contributed by atoms with Gasteiger partial charge in [0.1, 0.15) is 29.0 Å². The largest absolute Gasteiger partial charge is 0.407 e. The highest BCUT2D eigenvalue weighted by molar-refractivity contribution is 6.07. The third kappa shape index (κ3) is 4.44. The molecule has 1 amide bonds. The third-order valence-corrected chi connectivity index (χ3v) is 6.30. The molecule has 0 aromatic carbocycles. The van der Waals surface area contributed by atoms with Crippen LogP contribution in [0.5, 0.6) is 0 Å². The van der Waals surface area contributed by atoms with Gasteiger partial charge in [0, 0.05) is 6.20 Å². The zero-order valence-corrected chi connectivity index (χ0v) is 20.1. The number of halogens is 8. The molecular formula is C23H16F8N8O. The molecule has 0 fully saturated rings. The van der Waals surface area contributed by atoms with E-state index in [9.17, 15) is 39.9 Å². The number of carbonyl (C=O) groups excluding carboxylic acids is 1. The number of rotatable bonds is 7. The topological polar surface area (TPSA) is 111 Å². The Labute approximate surface area is 218 Å². The van der Waals surface area contributed by atoms with Crippen LogP contribution in [0.4, 0.5) is 46.8 Å². The van der Waals surface area contributed by atoms with Gasteiger partial charge >= 0.3 is 6.18 Å². The Morgan fingerprint density at radius 3 is 2.58 bits per heavy atom. The fourth-order valence-electron chi connectivity index (χ4n) is 4.14. The van der Waals surface area contributed by atoms with Gasteiger partial charge in [0.05, 0.1) is 35.9 Å². The van der Waals surface area contributed by atoms with Gasteiger partial charge in [-0.15, -0.1) is 0 Å². The van der Waals surface area contributed by atoms with E-state index in [4.69, 9.17) is 0 Å². The summed E-state index contributed by atoms with van der Waals surface area (Å²) in [6, 6.07) is 3.46. The minimum Gasteiger partial charge on any atom is -0.366 e. The first kappa shape index (κ1) is 27.1. The number of hydrogen-bond acceptors (Lipinski definition) is 7. The molecule has 2 atom stereocenters. The number of amides is 1. The lowest BCUT2D eigenvalue weighted by molar-refractivity contribution is -0.186. The lowest BCUT2D eigenvalue weighted by Gasteiger charge is -2.26. The third-order valence-electron chi connectivity index (χ3n) is 6.30. The Morgan fingerprint density at radius 2 is 1.90 bits per heavy atom. The van der Waals surface area contributed by atoms with Gasteiger partial charge < -0.3 is 10.6 Å². The maximum absolute atomic E-state index is 14.3. The highest BCUT2D eigenvalue weighted by Crippen LogP contribution is 2.50. The Kier molecular flexibility index (Phi) is 6.54. The normalized spacial score (nSPS) is 17.8. The van der Waals surface area contributed by atoms with Gasteiger partial charge in [0.2, 0.25) is 5.91 Å². The molecule has 0 spiro atoms. The Morgan fingerprint density at radius 1 is 1.15 bits per heavy atom. The number of aromatic nitrogens is 6. The first-order valence-electron chi connectivity index (χ1n) is 11.4. The van der Waals surface area contributed by atoms with E-state index in [-0.39, 0.29) is 29.0 Å². The van der Waals surface area contributed by atoms with Crippen LogP contribution >= 0.6 is 0 Å². The molecule has 5 rings (SSSR count). The van der Waals surface area contributed by atoms with Crippen molar-refractivity contribution in [2.24, 2.45) is 0 Å².